The maximum atomic E-state index is 11.4. The summed E-state index contributed by atoms with van der Waals surface area (Å²) in [6.07, 6.45) is 0. The van der Waals surface area contributed by atoms with Crippen LogP contribution in [0, 0.1) is 0 Å². The van der Waals surface area contributed by atoms with Gasteiger partial charge in [-0.15, -0.1) is 0 Å². The smallest absolute Gasteiger partial charge is 0.239 e. The molecule has 0 spiro atoms. The minimum Gasteiger partial charge on any atom is -0.397 e. The van der Waals surface area contributed by atoms with Gasteiger partial charge in [0.25, 0.3) is 0 Å². The number of benzene rings is 1. The normalized spacial score (nSPS) is 10.2. The first kappa shape index (κ1) is 12.6. The van der Waals surface area contributed by atoms with E-state index in [0.29, 0.717) is 16.4 Å². The van der Waals surface area contributed by atoms with Crippen molar-refractivity contribution in [2.75, 3.05) is 17.6 Å². The number of nitrogen functional groups attached to an aromatic ring is 1. The standard InChI is InChI=1S/C11H16ClN3O/c1-7(2)15-10(16)6-14-11-8(12)4-3-5-9(11)13/h3-5,7,14H,6,13H2,1-2H3,(H,15,16). The number of para-hydroxylation sites is 1. The Hall–Kier alpha value is -1.42. The Morgan fingerprint density at radius 3 is 2.75 bits per heavy atom. The lowest BCUT2D eigenvalue weighted by atomic mass is 10.2. The van der Waals surface area contributed by atoms with Gasteiger partial charge in [-0.25, -0.2) is 0 Å². The number of halogens is 1. The molecule has 0 unspecified atom stereocenters. The van der Waals surface area contributed by atoms with Gasteiger partial charge in [0.2, 0.25) is 5.91 Å². The van der Waals surface area contributed by atoms with Gasteiger partial charge in [-0.05, 0) is 26.0 Å². The fourth-order valence-corrected chi connectivity index (χ4v) is 1.52. The predicted octanol–water partition coefficient (Wildman–Crippen LogP) is 1.86. The topological polar surface area (TPSA) is 67.2 Å². The van der Waals surface area contributed by atoms with Gasteiger partial charge in [0.1, 0.15) is 0 Å². The number of amides is 1. The highest BCUT2D eigenvalue weighted by molar-refractivity contribution is 6.33. The second kappa shape index (κ2) is 5.61. The molecule has 1 rings (SSSR count). The highest BCUT2D eigenvalue weighted by Crippen LogP contribution is 2.27. The Morgan fingerprint density at radius 2 is 2.19 bits per heavy atom. The maximum Gasteiger partial charge on any atom is 0.239 e. The van der Waals surface area contributed by atoms with Crippen LogP contribution in [-0.2, 0) is 4.79 Å². The van der Waals surface area contributed by atoms with Crippen molar-refractivity contribution in [2.24, 2.45) is 0 Å². The van der Waals surface area contributed by atoms with Crippen molar-refractivity contribution in [1.82, 2.24) is 5.32 Å². The molecule has 0 saturated heterocycles. The number of anilines is 2. The highest BCUT2D eigenvalue weighted by Gasteiger charge is 2.07. The molecule has 0 aromatic heterocycles. The zero-order chi connectivity index (χ0) is 12.1. The van der Waals surface area contributed by atoms with Crippen LogP contribution in [0.2, 0.25) is 5.02 Å². The molecule has 0 fully saturated rings. The van der Waals surface area contributed by atoms with E-state index >= 15 is 0 Å². The molecule has 1 aromatic rings. The third-order valence-electron chi connectivity index (χ3n) is 1.92. The Labute approximate surface area is 100 Å². The van der Waals surface area contributed by atoms with Gasteiger partial charge in [0.05, 0.1) is 22.9 Å². The van der Waals surface area contributed by atoms with E-state index in [9.17, 15) is 4.79 Å². The number of hydrogen-bond donors (Lipinski definition) is 3. The summed E-state index contributed by atoms with van der Waals surface area (Å²) in [5.41, 5.74) is 6.86. The molecule has 4 nitrogen and oxygen atoms in total. The average Bonchev–Trinajstić information content (AvgIpc) is 2.15. The largest absolute Gasteiger partial charge is 0.397 e. The first-order valence-corrected chi connectivity index (χ1v) is 5.45. The zero-order valence-corrected chi connectivity index (χ0v) is 10.1. The molecule has 0 heterocycles. The van der Waals surface area contributed by atoms with E-state index in [1.165, 1.54) is 0 Å². The van der Waals surface area contributed by atoms with Gasteiger partial charge in [0, 0.05) is 6.04 Å². The van der Waals surface area contributed by atoms with Crippen molar-refractivity contribution in [2.45, 2.75) is 19.9 Å². The van der Waals surface area contributed by atoms with Gasteiger partial charge in [-0.3, -0.25) is 4.79 Å². The highest BCUT2D eigenvalue weighted by atomic mass is 35.5. The molecule has 0 aliphatic carbocycles. The Balaban J connectivity index is 2.58. The maximum absolute atomic E-state index is 11.4. The van der Waals surface area contributed by atoms with Gasteiger partial charge in [-0.1, -0.05) is 17.7 Å². The van der Waals surface area contributed by atoms with Gasteiger partial charge in [-0.2, -0.15) is 0 Å². The number of nitrogens with two attached hydrogens (primary N) is 1. The minimum absolute atomic E-state index is 0.0886. The summed E-state index contributed by atoms with van der Waals surface area (Å²) in [4.78, 5) is 11.4. The molecule has 16 heavy (non-hydrogen) atoms. The number of rotatable bonds is 4. The van der Waals surface area contributed by atoms with Crippen LogP contribution in [0.1, 0.15) is 13.8 Å². The number of carbonyl (C=O) groups is 1. The number of hydrogen-bond acceptors (Lipinski definition) is 3. The predicted molar refractivity (Wildman–Crippen MR) is 67.6 cm³/mol. The summed E-state index contributed by atoms with van der Waals surface area (Å²) >= 11 is 5.94. The summed E-state index contributed by atoms with van der Waals surface area (Å²) < 4.78 is 0. The van der Waals surface area contributed by atoms with Crippen molar-refractivity contribution in [3.8, 4) is 0 Å². The van der Waals surface area contributed by atoms with Crippen LogP contribution in [0.5, 0.6) is 0 Å². The lowest BCUT2D eigenvalue weighted by Crippen LogP contribution is -2.34. The summed E-state index contributed by atoms with van der Waals surface area (Å²) in [7, 11) is 0. The second-order valence-electron chi connectivity index (χ2n) is 3.78. The lowest BCUT2D eigenvalue weighted by Gasteiger charge is -2.12. The molecule has 0 saturated carbocycles. The van der Waals surface area contributed by atoms with E-state index < -0.39 is 0 Å². The third-order valence-corrected chi connectivity index (χ3v) is 2.24. The number of carbonyl (C=O) groups excluding carboxylic acids is 1. The van der Waals surface area contributed by atoms with E-state index in [1.54, 1.807) is 18.2 Å². The van der Waals surface area contributed by atoms with Crippen LogP contribution in [0.3, 0.4) is 0 Å². The molecule has 1 aromatic carbocycles. The summed E-state index contributed by atoms with van der Waals surface area (Å²) in [5, 5.41) is 6.20. The fourth-order valence-electron chi connectivity index (χ4n) is 1.27. The molecular weight excluding hydrogens is 226 g/mol. The fraction of sp³-hybridized carbons (Fsp3) is 0.364. The van der Waals surface area contributed by atoms with Crippen LogP contribution in [-0.4, -0.2) is 18.5 Å². The molecule has 5 heteroatoms. The molecule has 88 valence electrons. The first-order valence-electron chi connectivity index (χ1n) is 5.08. The van der Waals surface area contributed by atoms with Gasteiger partial charge in [0.15, 0.2) is 0 Å². The Bertz CT molecular complexity index is 359. The van der Waals surface area contributed by atoms with Crippen molar-refractivity contribution in [3.63, 3.8) is 0 Å². The summed E-state index contributed by atoms with van der Waals surface area (Å²) in [5.74, 6) is -0.0886. The van der Waals surface area contributed by atoms with E-state index in [2.05, 4.69) is 10.6 Å². The SMILES string of the molecule is CC(C)NC(=O)CNc1c(N)cccc1Cl. The van der Waals surface area contributed by atoms with Crippen molar-refractivity contribution in [3.05, 3.63) is 23.2 Å². The van der Waals surface area contributed by atoms with Crippen LogP contribution in [0.15, 0.2) is 18.2 Å². The van der Waals surface area contributed by atoms with Crippen molar-refractivity contribution in [1.29, 1.82) is 0 Å². The molecule has 0 radical (unpaired) electrons. The van der Waals surface area contributed by atoms with Crippen LogP contribution < -0.4 is 16.4 Å². The van der Waals surface area contributed by atoms with E-state index in [4.69, 9.17) is 17.3 Å². The van der Waals surface area contributed by atoms with Crippen LogP contribution >= 0.6 is 11.6 Å². The summed E-state index contributed by atoms with van der Waals surface area (Å²) in [6.45, 7) is 3.97. The first-order chi connectivity index (χ1) is 7.50. The average molecular weight is 242 g/mol. The molecule has 0 aliphatic rings. The Morgan fingerprint density at radius 1 is 1.50 bits per heavy atom. The minimum atomic E-state index is -0.0886. The molecule has 0 bridgehead atoms. The second-order valence-corrected chi connectivity index (χ2v) is 4.19. The third kappa shape index (κ3) is 3.62. The van der Waals surface area contributed by atoms with Crippen molar-refractivity contribution < 1.29 is 4.79 Å². The zero-order valence-electron chi connectivity index (χ0n) is 9.38. The van der Waals surface area contributed by atoms with Crippen LogP contribution in [0.4, 0.5) is 11.4 Å². The van der Waals surface area contributed by atoms with E-state index in [-0.39, 0.29) is 18.5 Å². The number of nitrogens with one attached hydrogen (secondary N) is 2. The summed E-state index contributed by atoms with van der Waals surface area (Å²) in [6, 6.07) is 5.34. The molecule has 1 amide bonds. The molecule has 0 aliphatic heterocycles. The van der Waals surface area contributed by atoms with Crippen LogP contribution in [0.25, 0.3) is 0 Å². The van der Waals surface area contributed by atoms with E-state index in [1.807, 2.05) is 13.8 Å². The molecule has 4 N–H and O–H groups in total. The molecular formula is C11H16ClN3O. The van der Waals surface area contributed by atoms with Gasteiger partial charge >= 0.3 is 0 Å². The van der Waals surface area contributed by atoms with E-state index in [0.717, 1.165) is 0 Å². The quantitative estimate of drug-likeness (QED) is 0.705. The van der Waals surface area contributed by atoms with Crippen molar-refractivity contribution >= 4 is 28.9 Å². The Kier molecular flexibility index (Phi) is 4.43. The monoisotopic (exact) mass is 241 g/mol. The van der Waals surface area contributed by atoms with Gasteiger partial charge < -0.3 is 16.4 Å². The lowest BCUT2D eigenvalue weighted by molar-refractivity contribution is -0.119. The molecule has 0 atom stereocenters.